The Morgan fingerprint density at radius 1 is 1.07 bits per heavy atom. The Balaban J connectivity index is 2.03. The third-order valence-corrected chi connectivity index (χ3v) is 3.71. The Labute approximate surface area is 168 Å². The summed E-state index contributed by atoms with van der Waals surface area (Å²) in [6.07, 6.45) is 1.42. The molecule has 0 aliphatic heterocycles. The van der Waals surface area contributed by atoms with Gasteiger partial charge in [-0.25, -0.2) is 5.43 Å². The van der Waals surface area contributed by atoms with Gasteiger partial charge in [0.2, 0.25) is 0 Å². The van der Waals surface area contributed by atoms with E-state index in [4.69, 9.17) is 21.1 Å². The van der Waals surface area contributed by atoms with Crippen LogP contribution < -0.4 is 20.2 Å². The van der Waals surface area contributed by atoms with E-state index in [9.17, 15) is 9.59 Å². The van der Waals surface area contributed by atoms with Crippen molar-refractivity contribution in [3.63, 3.8) is 0 Å². The number of benzene rings is 2. The molecule has 148 valence electrons. The summed E-state index contributed by atoms with van der Waals surface area (Å²) in [4.78, 5) is 22.8. The van der Waals surface area contributed by atoms with Crippen molar-refractivity contribution < 1.29 is 19.1 Å². The zero-order valence-corrected chi connectivity index (χ0v) is 16.5. The van der Waals surface area contributed by atoms with Crippen molar-refractivity contribution in [2.24, 2.45) is 5.10 Å². The maximum absolute atomic E-state index is 11.5. The van der Waals surface area contributed by atoms with E-state index in [2.05, 4.69) is 15.8 Å². The van der Waals surface area contributed by atoms with E-state index in [1.54, 1.807) is 31.2 Å². The van der Waals surface area contributed by atoms with Crippen molar-refractivity contribution in [3.05, 3.63) is 58.6 Å². The highest BCUT2D eigenvalue weighted by Crippen LogP contribution is 2.29. The molecule has 0 unspecified atom stereocenters. The highest BCUT2D eigenvalue weighted by molar-refractivity contribution is 6.35. The van der Waals surface area contributed by atoms with Gasteiger partial charge >= 0.3 is 11.8 Å². The minimum absolute atomic E-state index is 0.344. The number of halogens is 1. The molecule has 2 rings (SSSR count). The molecule has 0 aliphatic carbocycles. The molecule has 0 saturated carbocycles. The van der Waals surface area contributed by atoms with Gasteiger partial charge in [0.15, 0.2) is 11.5 Å². The summed E-state index contributed by atoms with van der Waals surface area (Å²) in [5.74, 6) is -0.446. The van der Waals surface area contributed by atoms with Crippen molar-refractivity contribution in [1.29, 1.82) is 0 Å². The minimum Gasteiger partial charge on any atom is -0.490 e. The van der Waals surface area contributed by atoms with E-state index in [-0.39, 0.29) is 0 Å². The Morgan fingerprint density at radius 3 is 2.61 bits per heavy atom. The molecule has 2 N–H and O–H groups in total. The zero-order chi connectivity index (χ0) is 20.4. The lowest BCUT2D eigenvalue weighted by atomic mass is 10.2. The molecule has 2 aromatic carbocycles. The average molecular weight is 404 g/mol. The summed E-state index contributed by atoms with van der Waals surface area (Å²) < 4.78 is 11.5. The molecule has 0 aliphatic rings. The van der Waals surface area contributed by atoms with Crippen LogP contribution in [0.15, 0.2) is 47.6 Å². The third kappa shape index (κ3) is 6.59. The topological polar surface area (TPSA) is 89.0 Å². The minimum atomic E-state index is -0.829. The van der Waals surface area contributed by atoms with Crippen LogP contribution >= 0.6 is 11.6 Å². The van der Waals surface area contributed by atoms with Gasteiger partial charge in [-0.3, -0.25) is 9.59 Å². The van der Waals surface area contributed by atoms with E-state index >= 15 is 0 Å². The summed E-state index contributed by atoms with van der Waals surface area (Å²) in [5.41, 5.74) is 3.78. The average Bonchev–Trinajstić information content (AvgIpc) is 2.68. The van der Waals surface area contributed by atoms with Crippen molar-refractivity contribution >= 4 is 29.6 Å². The SMILES string of the molecule is CCNC(=O)C(=O)N/N=C\c1ccc(OCc2cccc(Cl)c2)c(OCC)c1. The van der Waals surface area contributed by atoms with Crippen LogP contribution in [0.25, 0.3) is 0 Å². The van der Waals surface area contributed by atoms with Crippen LogP contribution in [0.3, 0.4) is 0 Å². The molecular formula is C20H22ClN3O4. The Kier molecular flexibility index (Phi) is 8.30. The quantitative estimate of drug-likeness (QED) is 0.403. The number of hydrazone groups is 1. The summed E-state index contributed by atoms with van der Waals surface area (Å²) in [5, 5.41) is 6.82. The van der Waals surface area contributed by atoms with Gasteiger partial charge in [0, 0.05) is 11.6 Å². The third-order valence-electron chi connectivity index (χ3n) is 3.47. The second kappa shape index (κ2) is 10.9. The molecule has 0 saturated heterocycles. The first-order valence-corrected chi connectivity index (χ1v) is 9.16. The predicted octanol–water partition coefficient (Wildman–Crippen LogP) is 2.90. The second-order valence-electron chi connectivity index (χ2n) is 5.62. The van der Waals surface area contributed by atoms with Gasteiger partial charge in [0.1, 0.15) is 6.61 Å². The highest BCUT2D eigenvalue weighted by Gasteiger charge is 2.10. The van der Waals surface area contributed by atoms with Gasteiger partial charge in [0.05, 0.1) is 12.8 Å². The number of carbonyl (C=O) groups excluding carboxylic acids is 2. The maximum Gasteiger partial charge on any atom is 0.329 e. The Morgan fingerprint density at radius 2 is 1.89 bits per heavy atom. The number of likely N-dealkylation sites (N-methyl/N-ethyl adjacent to an activating group) is 1. The van der Waals surface area contributed by atoms with E-state index < -0.39 is 11.8 Å². The lowest BCUT2D eigenvalue weighted by Gasteiger charge is -2.12. The second-order valence-corrected chi connectivity index (χ2v) is 6.05. The van der Waals surface area contributed by atoms with Crippen LogP contribution in [0.4, 0.5) is 0 Å². The fourth-order valence-electron chi connectivity index (χ4n) is 2.24. The van der Waals surface area contributed by atoms with Crippen LogP contribution in [0.2, 0.25) is 5.02 Å². The molecule has 8 heteroatoms. The van der Waals surface area contributed by atoms with E-state index in [0.717, 1.165) is 5.56 Å². The molecule has 7 nitrogen and oxygen atoms in total. The van der Waals surface area contributed by atoms with Gasteiger partial charge in [-0.05, 0) is 55.3 Å². The molecule has 0 spiro atoms. The fraction of sp³-hybridized carbons (Fsp3) is 0.250. The van der Waals surface area contributed by atoms with E-state index in [1.165, 1.54) is 6.21 Å². The van der Waals surface area contributed by atoms with Crippen molar-refractivity contribution in [3.8, 4) is 11.5 Å². The number of carbonyl (C=O) groups is 2. The number of ether oxygens (including phenoxy) is 2. The fourth-order valence-corrected chi connectivity index (χ4v) is 2.45. The molecule has 0 atom stereocenters. The number of rotatable bonds is 8. The van der Waals surface area contributed by atoms with Crippen molar-refractivity contribution in [1.82, 2.24) is 10.7 Å². The van der Waals surface area contributed by atoms with Gasteiger partial charge in [0.25, 0.3) is 0 Å². The van der Waals surface area contributed by atoms with E-state index in [1.807, 2.05) is 25.1 Å². The molecule has 28 heavy (non-hydrogen) atoms. The van der Waals surface area contributed by atoms with Crippen LogP contribution in [0.1, 0.15) is 25.0 Å². The summed E-state index contributed by atoms with van der Waals surface area (Å²) >= 11 is 5.99. The number of nitrogens with zero attached hydrogens (tertiary/aromatic N) is 1. The van der Waals surface area contributed by atoms with Crippen LogP contribution in [-0.4, -0.2) is 31.2 Å². The normalized spacial score (nSPS) is 10.5. The molecule has 2 amide bonds. The van der Waals surface area contributed by atoms with Gasteiger partial charge < -0.3 is 14.8 Å². The summed E-state index contributed by atoms with van der Waals surface area (Å²) in [6.45, 7) is 4.76. The number of amides is 2. The molecule has 0 radical (unpaired) electrons. The largest absolute Gasteiger partial charge is 0.490 e. The lowest BCUT2D eigenvalue weighted by molar-refractivity contribution is -0.139. The molecule has 0 heterocycles. The lowest BCUT2D eigenvalue weighted by Crippen LogP contribution is -2.37. The van der Waals surface area contributed by atoms with Crippen LogP contribution in [-0.2, 0) is 16.2 Å². The number of nitrogens with one attached hydrogen (secondary N) is 2. The van der Waals surface area contributed by atoms with Crippen LogP contribution in [0, 0.1) is 0 Å². The number of hydrogen-bond acceptors (Lipinski definition) is 5. The standard InChI is InChI=1S/C20H22ClN3O4/c1-3-22-19(25)20(26)24-23-12-14-8-9-17(18(11-14)27-4-2)28-13-15-6-5-7-16(21)10-15/h5-12H,3-4,13H2,1-2H3,(H,22,25)(H,24,26)/b23-12-. The van der Waals surface area contributed by atoms with Crippen molar-refractivity contribution in [2.45, 2.75) is 20.5 Å². The van der Waals surface area contributed by atoms with E-state index in [0.29, 0.717) is 41.8 Å². The van der Waals surface area contributed by atoms with Gasteiger partial charge in [-0.2, -0.15) is 5.10 Å². The summed E-state index contributed by atoms with van der Waals surface area (Å²) in [6, 6.07) is 12.7. The molecule has 0 bridgehead atoms. The van der Waals surface area contributed by atoms with Gasteiger partial charge in [-0.1, -0.05) is 23.7 Å². The molecular weight excluding hydrogens is 382 g/mol. The number of hydrogen-bond donors (Lipinski definition) is 2. The molecule has 2 aromatic rings. The first-order chi connectivity index (χ1) is 13.5. The smallest absolute Gasteiger partial charge is 0.329 e. The Hall–Kier alpha value is -3.06. The first-order valence-electron chi connectivity index (χ1n) is 8.78. The Bertz CT molecular complexity index is 855. The predicted molar refractivity (Wildman–Crippen MR) is 108 cm³/mol. The first kappa shape index (κ1) is 21.2. The maximum atomic E-state index is 11.5. The molecule has 0 fully saturated rings. The van der Waals surface area contributed by atoms with Crippen molar-refractivity contribution in [2.75, 3.05) is 13.2 Å². The monoisotopic (exact) mass is 403 g/mol. The van der Waals surface area contributed by atoms with Crippen LogP contribution in [0.5, 0.6) is 11.5 Å². The highest BCUT2D eigenvalue weighted by atomic mass is 35.5. The zero-order valence-electron chi connectivity index (χ0n) is 15.7. The van der Waals surface area contributed by atoms with Gasteiger partial charge in [-0.15, -0.1) is 0 Å². The summed E-state index contributed by atoms with van der Waals surface area (Å²) in [7, 11) is 0. The molecule has 0 aromatic heterocycles.